The highest BCUT2D eigenvalue weighted by atomic mass is 16.5. The van der Waals surface area contributed by atoms with Crippen molar-refractivity contribution < 1.29 is 14.1 Å². The van der Waals surface area contributed by atoms with E-state index in [0.29, 0.717) is 24.5 Å². The van der Waals surface area contributed by atoms with Gasteiger partial charge in [0.15, 0.2) is 5.69 Å². The number of amides is 2. The molecule has 1 aromatic heterocycles. The molecule has 0 aliphatic carbocycles. The molecule has 2 heterocycles. The second kappa shape index (κ2) is 6.86. The Kier molecular flexibility index (Phi) is 4.64. The number of piperidine rings is 1. The van der Waals surface area contributed by atoms with E-state index in [1.807, 2.05) is 36.1 Å². The molecule has 1 aliphatic rings. The molecule has 0 spiro atoms. The Morgan fingerprint density at radius 2 is 1.96 bits per heavy atom. The Morgan fingerprint density at radius 3 is 2.58 bits per heavy atom. The highest BCUT2D eigenvalue weighted by Gasteiger charge is 2.25. The minimum atomic E-state index is -0.227. The first-order valence-electron chi connectivity index (χ1n) is 8.13. The molecule has 126 valence electrons. The normalized spacial score (nSPS) is 15.3. The Labute approximate surface area is 140 Å². The zero-order valence-corrected chi connectivity index (χ0v) is 13.9. The van der Waals surface area contributed by atoms with Crippen molar-refractivity contribution >= 4 is 11.8 Å². The van der Waals surface area contributed by atoms with Crippen LogP contribution in [-0.4, -0.2) is 41.0 Å². The van der Waals surface area contributed by atoms with Crippen molar-refractivity contribution in [2.24, 2.45) is 0 Å². The van der Waals surface area contributed by atoms with Gasteiger partial charge in [0.1, 0.15) is 5.76 Å². The summed E-state index contributed by atoms with van der Waals surface area (Å²) in [5.41, 5.74) is 2.09. The van der Waals surface area contributed by atoms with Crippen molar-refractivity contribution in [3.05, 3.63) is 52.9 Å². The number of hydrogen-bond donors (Lipinski definition) is 1. The van der Waals surface area contributed by atoms with E-state index in [1.54, 1.807) is 13.0 Å². The van der Waals surface area contributed by atoms with E-state index in [1.165, 1.54) is 0 Å². The molecule has 0 saturated carbocycles. The lowest BCUT2D eigenvalue weighted by Gasteiger charge is -2.32. The summed E-state index contributed by atoms with van der Waals surface area (Å²) in [6.45, 7) is 4.99. The summed E-state index contributed by atoms with van der Waals surface area (Å²) < 4.78 is 4.92. The standard InChI is InChI=1S/C18H21N3O3/c1-12-4-3-5-14(10-12)18(23)21-8-6-15(7-9-21)19-17(22)16-11-13(2)24-20-16/h3-5,10-11,15H,6-9H2,1-2H3,(H,19,22). The molecule has 2 aromatic rings. The van der Waals surface area contributed by atoms with Crippen molar-refractivity contribution in [1.82, 2.24) is 15.4 Å². The van der Waals surface area contributed by atoms with Crippen LogP contribution in [0.3, 0.4) is 0 Å². The van der Waals surface area contributed by atoms with Gasteiger partial charge in [0.05, 0.1) is 0 Å². The van der Waals surface area contributed by atoms with E-state index >= 15 is 0 Å². The molecule has 24 heavy (non-hydrogen) atoms. The third-order valence-electron chi connectivity index (χ3n) is 4.24. The number of rotatable bonds is 3. The molecule has 0 radical (unpaired) electrons. The van der Waals surface area contributed by atoms with E-state index in [-0.39, 0.29) is 17.9 Å². The maximum Gasteiger partial charge on any atom is 0.273 e. The summed E-state index contributed by atoms with van der Waals surface area (Å²) in [7, 11) is 0. The molecule has 0 atom stereocenters. The minimum absolute atomic E-state index is 0.0515. The molecule has 3 rings (SSSR count). The van der Waals surface area contributed by atoms with Crippen molar-refractivity contribution in [3.8, 4) is 0 Å². The van der Waals surface area contributed by atoms with Gasteiger partial charge in [-0.2, -0.15) is 0 Å². The SMILES string of the molecule is Cc1cccc(C(=O)N2CCC(NC(=O)c3cc(C)on3)CC2)c1. The van der Waals surface area contributed by atoms with Crippen molar-refractivity contribution in [3.63, 3.8) is 0 Å². The molecular formula is C18H21N3O3. The fraction of sp³-hybridized carbons (Fsp3) is 0.389. The lowest BCUT2D eigenvalue weighted by Crippen LogP contribution is -2.46. The fourth-order valence-corrected chi connectivity index (χ4v) is 2.92. The third kappa shape index (κ3) is 3.64. The smallest absolute Gasteiger partial charge is 0.273 e. The van der Waals surface area contributed by atoms with Gasteiger partial charge in [-0.3, -0.25) is 9.59 Å². The van der Waals surface area contributed by atoms with Gasteiger partial charge >= 0.3 is 0 Å². The Morgan fingerprint density at radius 1 is 1.21 bits per heavy atom. The van der Waals surface area contributed by atoms with Crippen LogP contribution in [0, 0.1) is 13.8 Å². The number of nitrogens with one attached hydrogen (secondary N) is 1. The van der Waals surface area contributed by atoms with Crippen molar-refractivity contribution in [1.29, 1.82) is 0 Å². The maximum atomic E-state index is 12.5. The Hall–Kier alpha value is -2.63. The number of carbonyl (C=O) groups is 2. The number of benzene rings is 1. The van der Waals surface area contributed by atoms with E-state index in [4.69, 9.17) is 4.52 Å². The molecule has 1 aliphatic heterocycles. The van der Waals surface area contributed by atoms with Crippen LogP contribution in [0.5, 0.6) is 0 Å². The second-order valence-corrected chi connectivity index (χ2v) is 6.23. The summed E-state index contributed by atoms with van der Waals surface area (Å²) in [5.74, 6) is 0.435. The molecule has 2 amide bonds. The van der Waals surface area contributed by atoms with Gasteiger partial charge in [-0.15, -0.1) is 0 Å². The third-order valence-corrected chi connectivity index (χ3v) is 4.24. The lowest BCUT2D eigenvalue weighted by atomic mass is 10.0. The van der Waals surface area contributed by atoms with Gasteiger partial charge in [0.25, 0.3) is 11.8 Å². The summed E-state index contributed by atoms with van der Waals surface area (Å²) in [5, 5.41) is 6.68. The van der Waals surface area contributed by atoms with Crippen LogP contribution in [0.2, 0.25) is 0 Å². The van der Waals surface area contributed by atoms with Crippen LogP contribution >= 0.6 is 0 Å². The fourth-order valence-electron chi connectivity index (χ4n) is 2.92. The van der Waals surface area contributed by atoms with Gasteiger partial charge in [-0.25, -0.2) is 0 Å². The molecule has 6 nitrogen and oxygen atoms in total. The zero-order chi connectivity index (χ0) is 17.1. The van der Waals surface area contributed by atoms with Crippen LogP contribution < -0.4 is 5.32 Å². The first-order chi connectivity index (χ1) is 11.5. The van der Waals surface area contributed by atoms with E-state index in [0.717, 1.165) is 24.0 Å². The molecule has 0 bridgehead atoms. The van der Waals surface area contributed by atoms with E-state index < -0.39 is 0 Å². The minimum Gasteiger partial charge on any atom is -0.361 e. The van der Waals surface area contributed by atoms with Gasteiger partial charge in [0, 0.05) is 30.8 Å². The molecule has 1 N–H and O–H groups in total. The first-order valence-corrected chi connectivity index (χ1v) is 8.13. The number of nitrogens with zero attached hydrogens (tertiary/aromatic N) is 2. The monoisotopic (exact) mass is 327 g/mol. The lowest BCUT2D eigenvalue weighted by molar-refractivity contribution is 0.0697. The zero-order valence-electron chi connectivity index (χ0n) is 13.9. The van der Waals surface area contributed by atoms with Crippen LogP contribution in [0.1, 0.15) is 45.0 Å². The van der Waals surface area contributed by atoms with Gasteiger partial charge < -0.3 is 14.7 Å². The van der Waals surface area contributed by atoms with Gasteiger partial charge in [-0.05, 0) is 38.8 Å². The molecule has 1 saturated heterocycles. The summed E-state index contributed by atoms with van der Waals surface area (Å²) in [6, 6.07) is 9.29. The average Bonchev–Trinajstić information content (AvgIpc) is 3.01. The number of aryl methyl sites for hydroxylation is 2. The quantitative estimate of drug-likeness (QED) is 0.939. The Balaban J connectivity index is 1.54. The molecule has 0 unspecified atom stereocenters. The van der Waals surface area contributed by atoms with E-state index in [2.05, 4.69) is 10.5 Å². The van der Waals surface area contributed by atoms with Gasteiger partial charge in [0.2, 0.25) is 0 Å². The molecule has 6 heteroatoms. The highest BCUT2D eigenvalue weighted by molar-refractivity contribution is 5.94. The number of carbonyl (C=O) groups excluding carboxylic acids is 2. The second-order valence-electron chi connectivity index (χ2n) is 6.23. The predicted molar refractivity (Wildman–Crippen MR) is 88.8 cm³/mol. The van der Waals surface area contributed by atoms with E-state index in [9.17, 15) is 9.59 Å². The van der Waals surface area contributed by atoms with Crippen LogP contribution in [0.15, 0.2) is 34.9 Å². The largest absolute Gasteiger partial charge is 0.361 e. The van der Waals surface area contributed by atoms with Crippen molar-refractivity contribution in [2.45, 2.75) is 32.7 Å². The van der Waals surface area contributed by atoms with Crippen LogP contribution in [-0.2, 0) is 0 Å². The molecule has 1 fully saturated rings. The molecule has 1 aromatic carbocycles. The average molecular weight is 327 g/mol. The predicted octanol–water partition coefficient (Wildman–Crippen LogP) is 2.33. The number of likely N-dealkylation sites (tertiary alicyclic amines) is 1. The highest BCUT2D eigenvalue weighted by Crippen LogP contribution is 2.15. The first kappa shape index (κ1) is 16.2. The number of hydrogen-bond acceptors (Lipinski definition) is 4. The summed E-state index contributed by atoms with van der Waals surface area (Å²) in [4.78, 5) is 26.5. The van der Waals surface area contributed by atoms with Crippen LogP contribution in [0.4, 0.5) is 0 Å². The maximum absolute atomic E-state index is 12.5. The molecular weight excluding hydrogens is 306 g/mol. The van der Waals surface area contributed by atoms with Gasteiger partial charge in [-0.1, -0.05) is 22.9 Å². The van der Waals surface area contributed by atoms with Crippen molar-refractivity contribution in [2.75, 3.05) is 13.1 Å². The summed E-state index contributed by atoms with van der Waals surface area (Å²) >= 11 is 0. The Bertz CT molecular complexity index is 745. The summed E-state index contributed by atoms with van der Waals surface area (Å²) in [6.07, 6.45) is 1.47. The number of aromatic nitrogens is 1. The van der Waals surface area contributed by atoms with Crippen LogP contribution in [0.25, 0.3) is 0 Å². The topological polar surface area (TPSA) is 75.4 Å².